The van der Waals surface area contributed by atoms with Crippen LogP contribution in [-0.2, 0) is 19.4 Å². The molecule has 0 bridgehead atoms. The fourth-order valence-corrected chi connectivity index (χ4v) is 2.60. The molecule has 3 rings (SSSR count). The van der Waals surface area contributed by atoms with E-state index in [1.54, 1.807) is 6.07 Å². The molecule has 1 atom stereocenters. The van der Waals surface area contributed by atoms with Crippen molar-refractivity contribution in [1.29, 1.82) is 0 Å². The molecule has 0 saturated heterocycles. The van der Waals surface area contributed by atoms with Crippen LogP contribution in [0.4, 0.5) is 0 Å². The van der Waals surface area contributed by atoms with Crippen LogP contribution in [0, 0.1) is 0 Å². The second kappa shape index (κ2) is 4.14. The fraction of sp³-hybridized carbons (Fsp3) is 0.357. The Bertz CT molecular complexity index is 587. The first kappa shape index (κ1) is 11.3. The number of hydrogen-bond donors (Lipinski definition) is 2. The molecule has 0 fully saturated rings. The van der Waals surface area contributed by atoms with Gasteiger partial charge in [-0.25, -0.2) is 0 Å². The smallest absolute Gasteiger partial charge is 0.116 e. The molecule has 1 aromatic heterocycles. The van der Waals surface area contributed by atoms with Crippen LogP contribution in [0.3, 0.4) is 0 Å². The third kappa shape index (κ3) is 1.78. The lowest BCUT2D eigenvalue weighted by Crippen LogP contribution is -2.23. The summed E-state index contributed by atoms with van der Waals surface area (Å²) in [6, 6.07) is 5.64. The van der Waals surface area contributed by atoms with Crippen molar-refractivity contribution in [2.75, 3.05) is 0 Å². The molecule has 1 aromatic carbocycles. The molecule has 0 aliphatic heterocycles. The lowest BCUT2D eigenvalue weighted by atomic mass is 9.90. The van der Waals surface area contributed by atoms with Crippen molar-refractivity contribution >= 4 is 0 Å². The second-order valence-corrected chi connectivity index (χ2v) is 5.02. The Morgan fingerprint density at radius 3 is 2.94 bits per heavy atom. The summed E-state index contributed by atoms with van der Waals surface area (Å²) in [6.45, 7) is 2.67. The average molecular weight is 243 g/mol. The Balaban J connectivity index is 2.14. The lowest BCUT2D eigenvalue weighted by molar-refractivity contribution is 0.475. The number of hydrogen-bond acceptors (Lipinski definition) is 3. The normalized spacial score (nSPS) is 15.0. The standard InChI is InChI=1S/C14H17N3O/c1-9(15)8-17-14-11(7-16-17)3-2-10-4-5-12(18)6-13(10)14/h4-7,9,18H,2-3,8,15H2,1H3/t9-/m0/s1. The van der Waals surface area contributed by atoms with Gasteiger partial charge in [0, 0.05) is 11.6 Å². The molecule has 18 heavy (non-hydrogen) atoms. The highest BCUT2D eigenvalue weighted by Crippen LogP contribution is 2.35. The van der Waals surface area contributed by atoms with Crippen molar-refractivity contribution in [3.63, 3.8) is 0 Å². The molecular formula is C14H17N3O. The minimum Gasteiger partial charge on any atom is -0.508 e. The van der Waals surface area contributed by atoms with Crippen LogP contribution >= 0.6 is 0 Å². The van der Waals surface area contributed by atoms with E-state index in [0.717, 1.165) is 24.1 Å². The van der Waals surface area contributed by atoms with Crippen LogP contribution in [0.1, 0.15) is 18.1 Å². The molecule has 94 valence electrons. The maximum Gasteiger partial charge on any atom is 0.116 e. The molecule has 0 saturated carbocycles. The van der Waals surface area contributed by atoms with Gasteiger partial charge < -0.3 is 10.8 Å². The van der Waals surface area contributed by atoms with Crippen LogP contribution < -0.4 is 5.73 Å². The molecule has 4 heteroatoms. The van der Waals surface area contributed by atoms with E-state index < -0.39 is 0 Å². The molecule has 1 heterocycles. The number of aromatic nitrogens is 2. The Hall–Kier alpha value is -1.81. The molecule has 1 aliphatic rings. The van der Waals surface area contributed by atoms with Gasteiger partial charge >= 0.3 is 0 Å². The topological polar surface area (TPSA) is 64.1 Å². The zero-order valence-electron chi connectivity index (χ0n) is 10.4. The van der Waals surface area contributed by atoms with Gasteiger partial charge in [-0.3, -0.25) is 4.68 Å². The molecule has 0 spiro atoms. The van der Waals surface area contributed by atoms with Crippen LogP contribution in [0.15, 0.2) is 24.4 Å². The third-order valence-corrected chi connectivity index (χ3v) is 3.39. The van der Waals surface area contributed by atoms with Crippen molar-refractivity contribution in [3.8, 4) is 17.0 Å². The number of rotatable bonds is 2. The zero-order chi connectivity index (χ0) is 12.7. The van der Waals surface area contributed by atoms with Gasteiger partial charge in [-0.2, -0.15) is 5.10 Å². The largest absolute Gasteiger partial charge is 0.508 e. The Morgan fingerprint density at radius 1 is 1.39 bits per heavy atom. The number of fused-ring (bicyclic) bond motifs is 3. The molecule has 0 radical (unpaired) electrons. The first-order valence-electron chi connectivity index (χ1n) is 6.27. The molecule has 1 aliphatic carbocycles. The van der Waals surface area contributed by atoms with E-state index in [0.29, 0.717) is 12.3 Å². The van der Waals surface area contributed by atoms with Gasteiger partial charge in [0.1, 0.15) is 5.75 Å². The number of nitrogens with zero attached hydrogens (tertiary/aromatic N) is 2. The summed E-state index contributed by atoms with van der Waals surface area (Å²) in [5.74, 6) is 0.301. The van der Waals surface area contributed by atoms with Crippen molar-refractivity contribution < 1.29 is 5.11 Å². The first-order chi connectivity index (χ1) is 8.65. The predicted octanol–water partition coefficient (Wildman–Crippen LogP) is 1.70. The number of phenols is 1. The van der Waals surface area contributed by atoms with Crippen LogP contribution in [0.5, 0.6) is 5.75 Å². The van der Waals surface area contributed by atoms with Gasteiger partial charge in [-0.15, -0.1) is 0 Å². The summed E-state index contributed by atoms with van der Waals surface area (Å²) in [5.41, 5.74) is 10.6. The van der Waals surface area contributed by atoms with E-state index in [-0.39, 0.29) is 6.04 Å². The second-order valence-electron chi connectivity index (χ2n) is 5.02. The molecule has 0 amide bonds. The number of benzene rings is 1. The molecule has 3 N–H and O–H groups in total. The number of aromatic hydroxyl groups is 1. The third-order valence-electron chi connectivity index (χ3n) is 3.39. The summed E-state index contributed by atoms with van der Waals surface area (Å²) >= 11 is 0. The maximum atomic E-state index is 9.67. The van der Waals surface area contributed by atoms with Crippen molar-refractivity contribution in [1.82, 2.24) is 9.78 Å². The summed E-state index contributed by atoms with van der Waals surface area (Å²) < 4.78 is 1.96. The highest BCUT2D eigenvalue weighted by molar-refractivity contribution is 5.71. The van der Waals surface area contributed by atoms with E-state index >= 15 is 0 Å². The van der Waals surface area contributed by atoms with Crippen LogP contribution in [-0.4, -0.2) is 20.9 Å². The predicted molar refractivity (Wildman–Crippen MR) is 70.4 cm³/mol. The SMILES string of the molecule is C[C@H](N)Cn1ncc2c1-c1cc(O)ccc1CC2. The van der Waals surface area contributed by atoms with Crippen molar-refractivity contribution in [2.24, 2.45) is 5.73 Å². The Labute approximate surface area is 106 Å². The Morgan fingerprint density at radius 2 is 2.17 bits per heavy atom. The highest BCUT2D eigenvalue weighted by Gasteiger charge is 2.21. The monoisotopic (exact) mass is 243 g/mol. The van der Waals surface area contributed by atoms with E-state index in [2.05, 4.69) is 5.10 Å². The average Bonchev–Trinajstić information content (AvgIpc) is 2.72. The summed E-state index contributed by atoms with van der Waals surface area (Å²) in [7, 11) is 0. The zero-order valence-corrected chi connectivity index (χ0v) is 10.4. The highest BCUT2D eigenvalue weighted by atomic mass is 16.3. The lowest BCUT2D eigenvalue weighted by Gasteiger charge is -2.19. The van der Waals surface area contributed by atoms with Crippen LogP contribution in [0.25, 0.3) is 11.3 Å². The summed E-state index contributed by atoms with van der Waals surface area (Å²) in [4.78, 5) is 0. The van der Waals surface area contributed by atoms with Gasteiger partial charge in [-0.05, 0) is 43.0 Å². The van der Waals surface area contributed by atoms with Gasteiger partial charge in [0.15, 0.2) is 0 Å². The minimum absolute atomic E-state index is 0.0664. The number of phenolic OH excluding ortho intramolecular Hbond substituents is 1. The van der Waals surface area contributed by atoms with Crippen LogP contribution in [0.2, 0.25) is 0 Å². The van der Waals surface area contributed by atoms with E-state index in [1.165, 1.54) is 11.1 Å². The quantitative estimate of drug-likeness (QED) is 0.843. The minimum atomic E-state index is 0.0664. The van der Waals surface area contributed by atoms with Gasteiger partial charge in [-0.1, -0.05) is 6.07 Å². The molecule has 2 aromatic rings. The maximum absolute atomic E-state index is 9.67. The van der Waals surface area contributed by atoms with Gasteiger partial charge in [0.25, 0.3) is 0 Å². The molecule has 4 nitrogen and oxygen atoms in total. The van der Waals surface area contributed by atoms with Crippen molar-refractivity contribution in [2.45, 2.75) is 32.4 Å². The molecular weight excluding hydrogens is 226 g/mol. The Kier molecular flexibility index (Phi) is 2.59. The number of nitrogens with two attached hydrogens (primary N) is 1. The van der Waals surface area contributed by atoms with E-state index in [4.69, 9.17) is 5.73 Å². The van der Waals surface area contributed by atoms with Gasteiger partial charge in [0.05, 0.1) is 18.4 Å². The fourth-order valence-electron chi connectivity index (χ4n) is 2.60. The van der Waals surface area contributed by atoms with E-state index in [9.17, 15) is 5.11 Å². The first-order valence-corrected chi connectivity index (χ1v) is 6.27. The van der Waals surface area contributed by atoms with Crippen molar-refractivity contribution in [3.05, 3.63) is 35.5 Å². The summed E-state index contributed by atoms with van der Waals surface area (Å²) in [5, 5.41) is 14.1. The number of aryl methyl sites for hydroxylation is 2. The molecule has 0 unspecified atom stereocenters. The van der Waals surface area contributed by atoms with E-state index in [1.807, 2.05) is 29.9 Å². The van der Waals surface area contributed by atoms with Gasteiger partial charge in [0.2, 0.25) is 0 Å². The summed E-state index contributed by atoms with van der Waals surface area (Å²) in [6.07, 6.45) is 3.93.